The van der Waals surface area contributed by atoms with Crippen molar-refractivity contribution >= 4 is 19.8 Å². The molecule has 0 aromatic heterocycles. The molecule has 10 heteroatoms. The van der Waals surface area contributed by atoms with Crippen LogP contribution >= 0.6 is 7.82 Å². The van der Waals surface area contributed by atoms with Crippen molar-refractivity contribution in [3.8, 4) is 0 Å². The highest BCUT2D eigenvalue weighted by Gasteiger charge is 2.22. The Morgan fingerprint density at radius 1 is 0.660 bits per heavy atom. The van der Waals surface area contributed by atoms with Gasteiger partial charge in [0, 0.05) is 12.8 Å². The zero-order valence-corrected chi connectivity index (χ0v) is 29.9. The smallest absolute Gasteiger partial charge is 0.462 e. The fourth-order valence-corrected chi connectivity index (χ4v) is 4.73. The highest BCUT2D eigenvalue weighted by molar-refractivity contribution is 7.46. The van der Waals surface area contributed by atoms with Crippen molar-refractivity contribution in [2.24, 2.45) is 0 Å². The molecule has 0 aliphatic rings. The van der Waals surface area contributed by atoms with Gasteiger partial charge in [-0.15, -0.1) is 0 Å². The number of aliphatic hydroxyl groups is 1. The number of rotatable bonds is 31. The van der Waals surface area contributed by atoms with E-state index in [0.717, 1.165) is 44.9 Å². The molecule has 0 saturated carbocycles. The van der Waals surface area contributed by atoms with Gasteiger partial charge in [-0.05, 0) is 64.2 Å². The quantitative estimate of drug-likeness (QED) is 0.0215. The minimum atomic E-state index is -4.78. The number of ether oxygens (including phenoxy) is 2. The first-order chi connectivity index (χ1) is 22.7. The maximum atomic E-state index is 12.3. The highest BCUT2D eigenvalue weighted by Crippen LogP contribution is 2.35. The van der Waals surface area contributed by atoms with Gasteiger partial charge < -0.3 is 24.4 Å². The number of phosphoric ester groups is 1. The molecule has 2 atom stereocenters. The predicted molar refractivity (Wildman–Crippen MR) is 190 cm³/mol. The summed E-state index contributed by atoms with van der Waals surface area (Å²) >= 11 is 0. The molecule has 0 aromatic rings. The molecule has 3 N–H and O–H groups in total. The van der Waals surface area contributed by atoms with Gasteiger partial charge in [-0.1, -0.05) is 120 Å². The van der Waals surface area contributed by atoms with Crippen LogP contribution in [0.5, 0.6) is 0 Å². The van der Waals surface area contributed by atoms with Crippen molar-refractivity contribution < 1.29 is 43.0 Å². The van der Waals surface area contributed by atoms with Crippen LogP contribution in [-0.4, -0.2) is 52.3 Å². The second-order valence-corrected chi connectivity index (χ2v) is 12.9. The molecule has 0 aliphatic heterocycles. The number of esters is 2. The normalized spacial score (nSPS) is 13.9. The monoisotopic (exact) mass is 682 g/mol. The van der Waals surface area contributed by atoms with Gasteiger partial charge in [0.25, 0.3) is 0 Å². The average molecular weight is 683 g/mol. The van der Waals surface area contributed by atoms with Crippen LogP contribution in [0.1, 0.15) is 136 Å². The van der Waals surface area contributed by atoms with E-state index in [2.05, 4.69) is 36.6 Å². The van der Waals surface area contributed by atoms with Crippen molar-refractivity contribution in [2.45, 2.75) is 148 Å². The van der Waals surface area contributed by atoms with Gasteiger partial charge >= 0.3 is 19.8 Å². The first kappa shape index (κ1) is 44.7. The third-order valence-corrected chi connectivity index (χ3v) is 7.57. The Balaban J connectivity index is 4.21. The number of allylic oxidation sites excluding steroid dienone is 8. The summed E-state index contributed by atoms with van der Waals surface area (Å²) in [7, 11) is -4.78. The minimum absolute atomic E-state index is 0.0999. The van der Waals surface area contributed by atoms with Gasteiger partial charge in [-0.25, -0.2) is 4.57 Å². The van der Waals surface area contributed by atoms with Gasteiger partial charge in [0.05, 0.1) is 12.7 Å². The SMILES string of the molecule is CCCC/C=C\CCCCCCCC(=O)OC[C@H](COP(=O)(O)O)OC(=O)CCC/C=C\C/C=C\C=C\[C@@H](O)C/C=C\CCCCC. The van der Waals surface area contributed by atoms with Crippen molar-refractivity contribution in [1.82, 2.24) is 0 Å². The lowest BCUT2D eigenvalue weighted by atomic mass is 10.1. The number of hydrogen-bond acceptors (Lipinski definition) is 7. The van der Waals surface area contributed by atoms with E-state index < -0.39 is 38.6 Å². The van der Waals surface area contributed by atoms with Crippen LogP contribution < -0.4 is 0 Å². The van der Waals surface area contributed by atoms with Gasteiger partial charge in [-0.2, -0.15) is 0 Å². The molecule has 270 valence electrons. The van der Waals surface area contributed by atoms with Crippen LogP contribution in [0.25, 0.3) is 0 Å². The molecule has 0 aliphatic carbocycles. The van der Waals surface area contributed by atoms with E-state index >= 15 is 0 Å². The Kier molecular flexibility index (Phi) is 30.7. The van der Waals surface area contributed by atoms with Crippen LogP contribution in [0.2, 0.25) is 0 Å². The van der Waals surface area contributed by atoms with Gasteiger partial charge in [0.2, 0.25) is 0 Å². The van der Waals surface area contributed by atoms with Crippen LogP contribution in [-0.2, 0) is 28.2 Å². The predicted octanol–water partition coefficient (Wildman–Crippen LogP) is 9.14. The Morgan fingerprint density at radius 2 is 1.26 bits per heavy atom. The lowest BCUT2D eigenvalue weighted by molar-refractivity contribution is -0.161. The van der Waals surface area contributed by atoms with Crippen molar-refractivity contribution in [3.63, 3.8) is 0 Å². The van der Waals surface area contributed by atoms with Crippen LogP contribution in [0.4, 0.5) is 0 Å². The lowest BCUT2D eigenvalue weighted by Crippen LogP contribution is -2.29. The molecule has 0 radical (unpaired) electrons. The van der Waals surface area contributed by atoms with Crippen LogP contribution in [0.15, 0.2) is 60.8 Å². The Labute approximate surface area is 284 Å². The third kappa shape index (κ3) is 34.9. The van der Waals surface area contributed by atoms with E-state index in [-0.39, 0.29) is 19.4 Å². The molecule has 0 unspecified atom stereocenters. The molecule has 0 fully saturated rings. The molecule has 9 nitrogen and oxygen atoms in total. The molecule has 0 heterocycles. The second-order valence-electron chi connectivity index (χ2n) is 11.7. The summed E-state index contributed by atoms with van der Waals surface area (Å²) in [4.78, 5) is 42.5. The summed E-state index contributed by atoms with van der Waals surface area (Å²) in [5.74, 6) is -1.01. The maximum absolute atomic E-state index is 12.3. The lowest BCUT2D eigenvalue weighted by Gasteiger charge is -2.18. The first-order valence-electron chi connectivity index (χ1n) is 17.7. The van der Waals surface area contributed by atoms with Crippen molar-refractivity contribution in [3.05, 3.63) is 60.8 Å². The summed E-state index contributed by atoms with van der Waals surface area (Å²) in [5, 5.41) is 9.97. The maximum Gasteiger partial charge on any atom is 0.469 e. The highest BCUT2D eigenvalue weighted by atomic mass is 31.2. The molecule has 0 spiro atoms. The number of carbonyl (C=O) groups excluding carboxylic acids is 2. The van der Waals surface area contributed by atoms with Crippen LogP contribution in [0.3, 0.4) is 0 Å². The van der Waals surface area contributed by atoms with E-state index in [1.165, 1.54) is 32.1 Å². The first-order valence-corrected chi connectivity index (χ1v) is 19.2. The van der Waals surface area contributed by atoms with E-state index in [1.807, 2.05) is 36.5 Å². The topological polar surface area (TPSA) is 140 Å². The summed E-state index contributed by atoms with van der Waals surface area (Å²) in [5.41, 5.74) is 0. The number of carbonyl (C=O) groups is 2. The summed E-state index contributed by atoms with van der Waals surface area (Å²) < 4.78 is 26.1. The number of aliphatic hydroxyl groups excluding tert-OH is 1. The molecule has 0 rings (SSSR count). The Morgan fingerprint density at radius 3 is 1.98 bits per heavy atom. The number of hydrogen-bond donors (Lipinski definition) is 3. The number of phosphoric acid groups is 1. The molecular formula is C37H63O9P. The molecule has 0 amide bonds. The van der Waals surface area contributed by atoms with E-state index in [4.69, 9.17) is 19.3 Å². The molecular weight excluding hydrogens is 619 g/mol. The fourth-order valence-electron chi connectivity index (χ4n) is 4.37. The summed E-state index contributed by atoms with van der Waals surface area (Å²) in [6.07, 6.45) is 35.5. The Bertz CT molecular complexity index is 965. The van der Waals surface area contributed by atoms with Gasteiger partial charge in [-0.3, -0.25) is 14.1 Å². The minimum Gasteiger partial charge on any atom is -0.462 e. The van der Waals surface area contributed by atoms with Crippen LogP contribution in [0, 0.1) is 0 Å². The zero-order valence-electron chi connectivity index (χ0n) is 29.0. The Hall–Kier alpha value is -2.29. The average Bonchev–Trinajstić information content (AvgIpc) is 3.03. The van der Waals surface area contributed by atoms with Gasteiger partial charge in [0.15, 0.2) is 6.10 Å². The number of unbranched alkanes of at least 4 members (excludes halogenated alkanes) is 11. The largest absolute Gasteiger partial charge is 0.469 e. The van der Waals surface area contributed by atoms with E-state index in [9.17, 15) is 19.3 Å². The second kappa shape index (κ2) is 32.3. The van der Waals surface area contributed by atoms with E-state index in [0.29, 0.717) is 32.1 Å². The summed E-state index contributed by atoms with van der Waals surface area (Å²) in [6.45, 7) is 3.46. The standard InChI is InChI=1S/C37H63O9P/c1-3-5-7-9-11-12-13-14-18-22-26-30-36(39)44-32-35(33-45-47(41,42)43)46-37(40)31-27-23-19-16-15-17-21-25-29-34(38)28-24-20-10-8-6-4-2/h9,11,16-17,19-21,24-25,29,34-35,38H,3-8,10,12-15,18,22-23,26-28,30-33H2,1-2H3,(H2,41,42,43)/b11-9-,19-16-,21-17-,24-20-,29-25+/t34-,35+/m0/s1. The third-order valence-electron chi connectivity index (χ3n) is 7.09. The van der Waals surface area contributed by atoms with Gasteiger partial charge in [0.1, 0.15) is 6.61 Å². The molecule has 0 saturated heterocycles. The zero-order chi connectivity index (χ0) is 34.9. The summed E-state index contributed by atoms with van der Waals surface area (Å²) in [6, 6.07) is 0. The van der Waals surface area contributed by atoms with Crippen molar-refractivity contribution in [2.75, 3.05) is 13.2 Å². The molecule has 0 aromatic carbocycles. The molecule has 0 bridgehead atoms. The molecule has 47 heavy (non-hydrogen) atoms. The fraction of sp³-hybridized carbons (Fsp3) is 0.676. The van der Waals surface area contributed by atoms with E-state index in [1.54, 1.807) is 6.08 Å². The van der Waals surface area contributed by atoms with Crippen molar-refractivity contribution in [1.29, 1.82) is 0 Å².